The summed E-state index contributed by atoms with van der Waals surface area (Å²) < 4.78 is 5.47. The highest BCUT2D eigenvalue weighted by molar-refractivity contribution is 5.57. The molecule has 0 aliphatic rings. The minimum atomic E-state index is 0.520. The van der Waals surface area contributed by atoms with Crippen LogP contribution in [0.1, 0.15) is 12.8 Å². The number of hydrogen-bond donors (Lipinski definition) is 0. The van der Waals surface area contributed by atoms with Gasteiger partial charge in [0, 0.05) is 0 Å². The van der Waals surface area contributed by atoms with E-state index in [1.165, 1.54) is 6.08 Å². The van der Waals surface area contributed by atoms with Gasteiger partial charge in [-0.3, -0.25) is 0 Å². The summed E-state index contributed by atoms with van der Waals surface area (Å²) >= 11 is 0. The molecule has 0 saturated carbocycles. The second-order valence-electron chi connectivity index (χ2n) is 2.95. The van der Waals surface area contributed by atoms with E-state index in [1.807, 2.05) is 12.1 Å². The number of aliphatic imine (C=N–C) groups is 1. The zero-order valence-electron chi connectivity index (χ0n) is 8.48. The lowest BCUT2D eigenvalue weighted by molar-refractivity contribution is 0.313. The number of hydrogen-bond acceptors (Lipinski definition) is 3. The maximum absolute atomic E-state index is 10.1. The van der Waals surface area contributed by atoms with Crippen LogP contribution in [0.15, 0.2) is 41.9 Å². The maximum atomic E-state index is 10.1. The predicted octanol–water partition coefficient (Wildman–Crippen LogP) is 3.00. The number of nitrogens with zero attached hydrogens (tertiary/aromatic N) is 1. The van der Waals surface area contributed by atoms with Crippen LogP contribution in [-0.2, 0) is 4.79 Å². The Morgan fingerprint density at radius 3 is 3.00 bits per heavy atom. The van der Waals surface area contributed by atoms with Crippen molar-refractivity contribution in [1.29, 1.82) is 0 Å². The largest absolute Gasteiger partial charge is 0.491 e. The van der Waals surface area contributed by atoms with Crippen molar-refractivity contribution in [3.8, 4) is 5.75 Å². The van der Waals surface area contributed by atoms with Crippen LogP contribution >= 0.6 is 0 Å². The molecule has 0 amide bonds. The summed E-state index contributed by atoms with van der Waals surface area (Å²) in [6.45, 7) is 4.22. The summed E-state index contributed by atoms with van der Waals surface area (Å²) in [6, 6.07) is 7.14. The summed E-state index contributed by atoms with van der Waals surface area (Å²) in [7, 11) is 0. The minimum absolute atomic E-state index is 0.520. The number of para-hydroxylation sites is 2. The lowest BCUT2D eigenvalue weighted by atomic mass is 10.3. The quantitative estimate of drug-likeness (QED) is 0.308. The minimum Gasteiger partial charge on any atom is -0.491 e. The highest BCUT2D eigenvalue weighted by Gasteiger charge is 2.00. The molecule has 1 rings (SSSR count). The zero-order valence-corrected chi connectivity index (χ0v) is 8.48. The molecule has 0 saturated heterocycles. The molecule has 0 bridgehead atoms. The van der Waals surface area contributed by atoms with Crippen LogP contribution in [0.5, 0.6) is 5.75 Å². The highest BCUT2D eigenvalue weighted by atomic mass is 16.5. The number of allylic oxidation sites excluding steroid dienone is 1. The molecule has 0 unspecified atom stereocenters. The van der Waals surface area contributed by atoms with Gasteiger partial charge < -0.3 is 4.74 Å². The van der Waals surface area contributed by atoms with Crippen LogP contribution in [-0.4, -0.2) is 12.7 Å². The summed E-state index contributed by atoms with van der Waals surface area (Å²) in [5.74, 6) is 0.616. The SMILES string of the molecule is C=CCCCOc1ccccc1N=C=O. The van der Waals surface area contributed by atoms with Gasteiger partial charge in [-0.2, -0.15) is 4.99 Å². The van der Waals surface area contributed by atoms with Crippen molar-refractivity contribution >= 4 is 11.8 Å². The van der Waals surface area contributed by atoms with Gasteiger partial charge in [-0.05, 0) is 25.0 Å². The number of carbonyl (C=O) groups excluding carboxylic acids is 1. The van der Waals surface area contributed by atoms with E-state index in [0.29, 0.717) is 18.0 Å². The molecular formula is C12H13NO2. The van der Waals surface area contributed by atoms with Gasteiger partial charge in [-0.15, -0.1) is 6.58 Å². The molecule has 0 aliphatic carbocycles. The Hall–Kier alpha value is -1.86. The molecule has 0 radical (unpaired) electrons. The lowest BCUT2D eigenvalue weighted by Crippen LogP contribution is -1.96. The number of unbranched alkanes of at least 4 members (excludes halogenated alkanes) is 1. The number of benzene rings is 1. The first kappa shape index (κ1) is 11.2. The fourth-order valence-corrected chi connectivity index (χ4v) is 1.13. The van der Waals surface area contributed by atoms with Crippen LogP contribution in [0.4, 0.5) is 5.69 Å². The van der Waals surface area contributed by atoms with Gasteiger partial charge in [0.05, 0.1) is 6.61 Å². The fourth-order valence-electron chi connectivity index (χ4n) is 1.13. The van der Waals surface area contributed by atoms with Gasteiger partial charge in [0.1, 0.15) is 11.4 Å². The van der Waals surface area contributed by atoms with Crippen molar-refractivity contribution in [2.75, 3.05) is 6.61 Å². The van der Waals surface area contributed by atoms with Crippen molar-refractivity contribution in [3.05, 3.63) is 36.9 Å². The second kappa shape index (κ2) is 6.57. The lowest BCUT2D eigenvalue weighted by Gasteiger charge is -2.06. The molecule has 78 valence electrons. The van der Waals surface area contributed by atoms with Gasteiger partial charge in [0.2, 0.25) is 6.08 Å². The molecule has 0 aliphatic heterocycles. The third-order valence-corrected chi connectivity index (χ3v) is 1.84. The normalized spacial score (nSPS) is 9.07. The van der Waals surface area contributed by atoms with E-state index in [4.69, 9.17) is 4.74 Å². The number of ether oxygens (including phenoxy) is 1. The second-order valence-corrected chi connectivity index (χ2v) is 2.95. The third kappa shape index (κ3) is 3.79. The molecule has 1 aromatic rings. The van der Waals surface area contributed by atoms with Gasteiger partial charge in [0.15, 0.2) is 0 Å². The molecular weight excluding hydrogens is 190 g/mol. The van der Waals surface area contributed by atoms with Crippen molar-refractivity contribution in [2.24, 2.45) is 4.99 Å². The smallest absolute Gasteiger partial charge is 0.240 e. The Morgan fingerprint density at radius 1 is 1.47 bits per heavy atom. The first-order valence-electron chi connectivity index (χ1n) is 4.79. The Balaban J connectivity index is 2.59. The standard InChI is InChI=1S/C12H13NO2/c1-2-3-6-9-15-12-8-5-4-7-11(12)13-10-14/h2,4-5,7-8H,1,3,6,9H2. The molecule has 15 heavy (non-hydrogen) atoms. The van der Waals surface area contributed by atoms with Crippen molar-refractivity contribution in [2.45, 2.75) is 12.8 Å². The van der Waals surface area contributed by atoms with Crippen molar-refractivity contribution in [3.63, 3.8) is 0 Å². The molecule has 0 fully saturated rings. The Bertz CT molecular complexity index is 368. The highest BCUT2D eigenvalue weighted by Crippen LogP contribution is 2.26. The van der Waals surface area contributed by atoms with Gasteiger partial charge in [-0.25, -0.2) is 4.79 Å². The average Bonchev–Trinajstić information content (AvgIpc) is 2.27. The summed E-state index contributed by atoms with van der Waals surface area (Å²) in [6.07, 6.45) is 5.17. The fraction of sp³-hybridized carbons (Fsp3) is 0.250. The number of rotatable bonds is 6. The van der Waals surface area contributed by atoms with Gasteiger partial charge >= 0.3 is 0 Å². The Kier molecular flexibility index (Phi) is 4.91. The van der Waals surface area contributed by atoms with Crippen LogP contribution in [0.3, 0.4) is 0 Å². The maximum Gasteiger partial charge on any atom is 0.240 e. The van der Waals surface area contributed by atoms with E-state index in [1.54, 1.807) is 18.2 Å². The van der Waals surface area contributed by atoms with Gasteiger partial charge in [0.25, 0.3) is 0 Å². The molecule has 0 spiro atoms. The predicted molar refractivity (Wildman–Crippen MR) is 59.1 cm³/mol. The molecule has 0 atom stereocenters. The van der Waals surface area contributed by atoms with Crippen molar-refractivity contribution < 1.29 is 9.53 Å². The first-order valence-corrected chi connectivity index (χ1v) is 4.79. The molecule has 0 N–H and O–H groups in total. The van der Waals surface area contributed by atoms with E-state index < -0.39 is 0 Å². The monoisotopic (exact) mass is 203 g/mol. The summed E-state index contributed by atoms with van der Waals surface area (Å²) in [4.78, 5) is 13.7. The average molecular weight is 203 g/mol. The Morgan fingerprint density at radius 2 is 2.27 bits per heavy atom. The molecule has 0 aromatic heterocycles. The Labute approximate surface area is 89.1 Å². The molecule has 1 aromatic carbocycles. The van der Waals surface area contributed by atoms with Crippen LogP contribution in [0.2, 0.25) is 0 Å². The van der Waals surface area contributed by atoms with E-state index in [2.05, 4.69) is 11.6 Å². The number of isocyanates is 1. The van der Waals surface area contributed by atoms with Crippen LogP contribution in [0.25, 0.3) is 0 Å². The van der Waals surface area contributed by atoms with Crippen LogP contribution < -0.4 is 4.74 Å². The van der Waals surface area contributed by atoms with E-state index in [-0.39, 0.29) is 0 Å². The summed E-state index contributed by atoms with van der Waals surface area (Å²) in [5, 5.41) is 0. The third-order valence-electron chi connectivity index (χ3n) is 1.84. The molecule has 3 nitrogen and oxygen atoms in total. The van der Waals surface area contributed by atoms with Gasteiger partial charge in [-0.1, -0.05) is 18.2 Å². The van der Waals surface area contributed by atoms with E-state index in [0.717, 1.165) is 12.8 Å². The topological polar surface area (TPSA) is 38.7 Å². The summed E-state index contributed by atoms with van der Waals surface area (Å²) in [5.41, 5.74) is 0.520. The van der Waals surface area contributed by atoms with E-state index >= 15 is 0 Å². The molecule has 0 heterocycles. The first-order chi connectivity index (χ1) is 7.38. The zero-order chi connectivity index (χ0) is 10.9. The molecule has 3 heteroatoms. The van der Waals surface area contributed by atoms with Crippen molar-refractivity contribution in [1.82, 2.24) is 0 Å². The van der Waals surface area contributed by atoms with E-state index in [9.17, 15) is 4.79 Å². The van der Waals surface area contributed by atoms with Crippen LogP contribution in [0, 0.1) is 0 Å².